The third-order valence-corrected chi connectivity index (χ3v) is 4.53. The lowest BCUT2D eigenvalue weighted by Gasteiger charge is -2.15. The topological polar surface area (TPSA) is 15.3 Å². The third kappa shape index (κ3) is 6.17. The van der Waals surface area contributed by atoms with Crippen LogP contribution in [-0.2, 0) is 5.75 Å². The molecule has 1 atom stereocenters. The molecule has 1 aromatic rings. The van der Waals surface area contributed by atoms with E-state index in [4.69, 9.17) is 0 Å². The first-order valence-electron chi connectivity index (χ1n) is 6.87. The Hall–Kier alpha value is -0.220. The molecular weight excluding hydrogens is 276 g/mol. The number of hydrogen-bond donors (Lipinski definition) is 1. The largest absolute Gasteiger partial charge is 0.319 e. The fraction of sp³-hybridized carbons (Fsp3) is 0.600. The van der Waals surface area contributed by atoms with Crippen molar-refractivity contribution >= 4 is 24.2 Å². The van der Waals surface area contributed by atoms with Crippen molar-refractivity contribution in [2.24, 2.45) is 5.92 Å². The van der Waals surface area contributed by atoms with E-state index in [-0.39, 0.29) is 12.4 Å². The normalized spacial score (nSPS) is 19.3. The van der Waals surface area contributed by atoms with Crippen molar-refractivity contribution in [1.29, 1.82) is 0 Å². The van der Waals surface area contributed by atoms with Crippen LogP contribution in [0.4, 0.5) is 0 Å². The molecule has 19 heavy (non-hydrogen) atoms. The van der Waals surface area contributed by atoms with E-state index in [2.05, 4.69) is 59.4 Å². The highest BCUT2D eigenvalue weighted by Gasteiger charge is 2.20. The Morgan fingerprint density at radius 3 is 2.84 bits per heavy atom. The van der Waals surface area contributed by atoms with Gasteiger partial charge in [0.2, 0.25) is 0 Å². The molecule has 0 bridgehead atoms. The third-order valence-electron chi connectivity index (χ3n) is 3.53. The zero-order valence-corrected chi connectivity index (χ0v) is 13.3. The Balaban J connectivity index is 0.00000180. The molecule has 0 aromatic heterocycles. The highest BCUT2D eigenvalue weighted by molar-refractivity contribution is 7.98. The molecule has 0 amide bonds. The standard InChI is InChI=1S/C15H24N2S.ClH/c1-16-11-15-7-8-17(12-15)9-10-18-13-14-5-3-2-4-6-14;/h2-6,15-16H,7-13H2,1H3;1H. The Morgan fingerprint density at radius 1 is 1.32 bits per heavy atom. The van der Waals surface area contributed by atoms with Gasteiger partial charge in [0, 0.05) is 24.6 Å². The van der Waals surface area contributed by atoms with Gasteiger partial charge < -0.3 is 10.2 Å². The summed E-state index contributed by atoms with van der Waals surface area (Å²) in [6, 6.07) is 10.8. The molecule has 1 fully saturated rings. The SMILES string of the molecule is CNCC1CCN(CCSCc2ccccc2)C1.Cl. The first-order valence-corrected chi connectivity index (χ1v) is 8.02. The Labute approximate surface area is 127 Å². The summed E-state index contributed by atoms with van der Waals surface area (Å²) in [5.74, 6) is 3.27. The number of hydrogen-bond acceptors (Lipinski definition) is 3. The highest BCUT2D eigenvalue weighted by Crippen LogP contribution is 2.17. The summed E-state index contributed by atoms with van der Waals surface area (Å²) in [6.45, 7) is 5.00. The fourth-order valence-electron chi connectivity index (χ4n) is 2.53. The number of nitrogens with zero attached hydrogens (tertiary/aromatic N) is 1. The summed E-state index contributed by atoms with van der Waals surface area (Å²) in [6.07, 6.45) is 1.37. The van der Waals surface area contributed by atoms with Crippen molar-refractivity contribution in [3.05, 3.63) is 35.9 Å². The van der Waals surface area contributed by atoms with E-state index in [1.807, 2.05) is 0 Å². The molecule has 1 aliphatic rings. The zero-order chi connectivity index (χ0) is 12.6. The number of halogens is 1. The average molecular weight is 301 g/mol. The van der Waals surface area contributed by atoms with Crippen molar-refractivity contribution in [3.63, 3.8) is 0 Å². The quantitative estimate of drug-likeness (QED) is 0.780. The predicted octanol–water partition coefficient (Wildman–Crippen LogP) is 2.88. The molecule has 2 nitrogen and oxygen atoms in total. The predicted molar refractivity (Wildman–Crippen MR) is 88.3 cm³/mol. The number of thioether (sulfide) groups is 1. The second-order valence-electron chi connectivity index (χ2n) is 5.05. The molecule has 0 spiro atoms. The first-order chi connectivity index (χ1) is 8.88. The van der Waals surface area contributed by atoms with E-state index < -0.39 is 0 Å². The summed E-state index contributed by atoms with van der Waals surface area (Å²) in [4.78, 5) is 2.61. The van der Waals surface area contributed by atoms with Crippen LogP contribution in [0.15, 0.2) is 30.3 Å². The maximum Gasteiger partial charge on any atom is 0.0185 e. The summed E-state index contributed by atoms with van der Waals surface area (Å²) in [5.41, 5.74) is 1.44. The average Bonchev–Trinajstić information content (AvgIpc) is 2.84. The van der Waals surface area contributed by atoms with Crippen molar-refractivity contribution in [1.82, 2.24) is 10.2 Å². The molecule has 4 heteroatoms. The molecule has 1 aromatic carbocycles. The van der Waals surface area contributed by atoms with Crippen LogP contribution in [0.1, 0.15) is 12.0 Å². The molecule has 108 valence electrons. The van der Waals surface area contributed by atoms with Crippen LogP contribution in [0.5, 0.6) is 0 Å². The van der Waals surface area contributed by atoms with Crippen molar-refractivity contribution in [2.75, 3.05) is 39.0 Å². The number of rotatable bonds is 7. The van der Waals surface area contributed by atoms with Crippen LogP contribution in [0.2, 0.25) is 0 Å². The van der Waals surface area contributed by atoms with Crippen LogP contribution in [0.25, 0.3) is 0 Å². The Morgan fingerprint density at radius 2 is 2.11 bits per heavy atom. The van der Waals surface area contributed by atoms with Crippen molar-refractivity contribution < 1.29 is 0 Å². The molecule has 0 radical (unpaired) electrons. The van der Waals surface area contributed by atoms with E-state index in [0.29, 0.717) is 0 Å². The summed E-state index contributed by atoms with van der Waals surface area (Å²) < 4.78 is 0. The minimum Gasteiger partial charge on any atom is -0.319 e. The van der Waals surface area contributed by atoms with Crippen LogP contribution < -0.4 is 5.32 Å². The van der Waals surface area contributed by atoms with Gasteiger partial charge in [-0.15, -0.1) is 12.4 Å². The molecule has 1 N–H and O–H groups in total. The molecule has 1 unspecified atom stereocenters. The van der Waals surface area contributed by atoms with Gasteiger partial charge >= 0.3 is 0 Å². The van der Waals surface area contributed by atoms with Gasteiger partial charge in [-0.1, -0.05) is 30.3 Å². The summed E-state index contributed by atoms with van der Waals surface area (Å²) >= 11 is 2.05. The second kappa shape index (κ2) is 9.65. The molecule has 0 saturated carbocycles. The fourth-order valence-corrected chi connectivity index (χ4v) is 3.49. The Bertz CT molecular complexity index is 334. The zero-order valence-electron chi connectivity index (χ0n) is 11.7. The number of nitrogens with one attached hydrogen (secondary N) is 1. The lowest BCUT2D eigenvalue weighted by molar-refractivity contribution is 0.343. The van der Waals surface area contributed by atoms with Gasteiger partial charge in [0.25, 0.3) is 0 Å². The number of likely N-dealkylation sites (tertiary alicyclic amines) is 1. The molecule has 0 aliphatic carbocycles. The molecule has 1 heterocycles. The van der Waals surface area contributed by atoms with Gasteiger partial charge in [0.15, 0.2) is 0 Å². The molecule has 1 aliphatic heterocycles. The van der Waals surface area contributed by atoms with Gasteiger partial charge in [-0.2, -0.15) is 11.8 Å². The maximum atomic E-state index is 3.29. The van der Waals surface area contributed by atoms with Gasteiger partial charge in [-0.3, -0.25) is 0 Å². The van der Waals surface area contributed by atoms with E-state index in [0.717, 1.165) is 11.7 Å². The summed E-state index contributed by atoms with van der Waals surface area (Å²) in [5, 5.41) is 3.29. The lowest BCUT2D eigenvalue weighted by atomic mass is 10.1. The summed E-state index contributed by atoms with van der Waals surface area (Å²) in [7, 11) is 2.05. The Kier molecular flexibility index (Phi) is 8.55. The van der Waals surface area contributed by atoms with E-state index in [1.54, 1.807) is 0 Å². The molecule has 1 saturated heterocycles. The van der Waals surface area contributed by atoms with Crippen LogP contribution in [-0.4, -0.2) is 43.9 Å². The first kappa shape index (κ1) is 16.8. The lowest BCUT2D eigenvalue weighted by Crippen LogP contribution is -2.26. The van der Waals surface area contributed by atoms with E-state index >= 15 is 0 Å². The van der Waals surface area contributed by atoms with E-state index in [1.165, 1.54) is 43.9 Å². The monoisotopic (exact) mass is 300 g/mol. The van der Waals surface area contributed by atoms with Gasteiger partial charge in [0.1, 0.15) is 0 Å². The highest BCUT2D eigenvalue weighted by atomic mass is 35.5. The smallest absolute Gasteiger partial charge is 0.0185 e. The van der Waals surface area contributed by atoms with Crippen LogP contribution >= 0.6 is 24.2 Å². The van der Waals surface area contributed by atoms with Crippen molar-refractivity contribution in [2.45, 2.75) is 12.2 Å². The molecule has 2 rings (SSSR count). The van der Waals surface area contributed by atoms with E-state index in [9.17, 15) is 0 Å². The van der Waals surface area contributed by atoms with Crippen LogP contribution in [0.3, 0.4) is 0 Å². The maximum absolute atomic E-state index is 3.29. The number of benzene rings is 1. The minimum absolute atomic E-state index is 0. The van der Waals surface area contributed by atoms with Crippen LogP contribution in [0, 0.1) is 5.92 Å². The van der Waals surface area contributed by atoms with Crippen molar-refractivity contribution in [3.8, 4) is 0 Å². The minimum atomic E-state index is 0. The van der Waals surface area contributed by atoms with Gasteiger partial charge in [-0.05, 0) is 38.0 Å². The van der Waals surface area contributed by atoms with Gasteiger partial charge in [0.05, 0.1) is 0 Å². The molecular formula is C15H25ClN2S. The second-order valence-corrected chi connectivity index (χ2v) is 6.16. The van der Waals surface area contributed by atoms with Gasteiger partial charge in [-0.25, -0.2) is 0 Å².